The first-order valence-corrected chi connectivity index (χ1v) is 8.25. The van der Waals surface area contributed by atoms with Crippen LogP contribution in [0.15, 0.2) is 28.9 Å². The van der Waals surface area contributed by atoms with E-state index in [9.17, 15) is 0 Å². The third kappa shape index (κ3) is 3.48. The molecule has 1 aromatic heterocycles. The lowest BCUT2D eigenvalue weighted by Gasteiger charge is -2.32. The summed E-state index contributed by atoms with van der Waals surface area (Å²) in [5, 5.41) is 0. The van der Waals surface area contributed by atoms with E-state index in [1.165, 1.54) is 25.0 Å². The summed E-state index contributed by atoms with van der Waals surface area (Å²) in [6.07, 6.45) is 8.96. The van der Waals surface area contributed by atoms with Gasteiger partial charge in [0.1, 0.15) is 0 Å². The van der Waals surface area contributed by atoms with Crippen molar-refractivity contribution in [3.8, 4) is 0 Å². The summed E-state index contributed by atoms with van der Waals surface area (Å²) in [5.74, 6) is 0. The van der Waals surface area contributed by atoms with E-state index in [0.29, 0.717) is 6.04 Å². The molecule has 2 heterocycles. The molecular formula is C16H21BrN2O. The van der Waals surface area contributed by atoms with E-state index in [-0.39, 0.29) is 0 Å². The quantitative estimate of drug-likeness (QED) is 0.826. The van der Waals surface area contributed by atoms with Crippen LogP contribution in [0.3, 0.4) is 0 Å². The summed E-state index contributed by atoms with van der Waals surface area (Å²) in [6.45, 7) is 4.09. The maximum absolute atomic E-state index is 5.55. The van der Waals surface area contributed by atoms with Crippen LogP contribution in [-0.2, 0) is 4.74 Å². The summed E-state index contributed by atoms with van der Waals surface area (Å²) in [5.41, 5.74) is 2.53. The molecule has 108 valence electrons. The van der Waals surface area contributed by atoms with Gasteiger partial charge in [-0.1, -0.05) is 6.08 Å². The molecule has 3 nitrogen and oxygen atoms in total. The van der Waals surface area contributed by atoms with E-state index in [1.807, 2.05) is 6.20 Å². The standard InChI is InChI=1S/C16H21BrN2O/c17-14-4-7-16(18-12-14)13-2-5-15(6-3-13)19-8-1-10-20-11-9-19/h2,4,7,12,15H,1,3,5-6,8-11H2. The number of ether oxygens (including phenoxy) is 1. The van der Waals surface area contributed by atoms with Gasteiger partial charge in [-0.25, -0.2) is 0 Å². The fourth-order valence-corrected chi connectivity index (χ4v) is 3.32. The molecule has 1 aromatic rings. The second-order valence-electron chi connectivity index (χ2n) is 5.52. The topological polar surface area (TPSA) is 25.4 Å². The number of halogens is 1. The van der Waals surface area contributed by atoms with Crippen molar-refractivity contribution >= 4 is 21.5 Å². The van der Waals surface area contributed by atoms with Crippen molar-refractivity contribution in [2.45, 2.75) is 31.7 Å². The Labute approximate surface area is 129 Å². The van der Waals surface area contributed by atoms with Gasteiger partial charge in [0.15, 0.2) is 0 Å². The van der Waals surface area contributed by atoms with Crippen LogP contribution < -0.4 is 0 Å². The molecule has 1 saturated heterocycles. The van der Waals surface area contributed by atoms with Gasteiger partial charge >= 0.3 is 0 Å². The minimum atomic E-state index is 0.691. The van der Waals surface area contributed by atoms with Crippen molar-refractivity contribution in [3.05, 3.63) is 34.6 Å². The van der Waals surface area contributed by atoms with E-state index in [4.69, 9.17) is 4.74 Å². The van der Waals surface area contributed by atoms with Gasteiger partial charge in [0.05, 0.1) is 12.3 Å². The summed E-state index contributed by atoms with van der Waals surface area (Å²) in [7, 11) is 0. The van der Waals surface area contributed by atoms with Crippen molar-refractivity contribution < 1.29 is 4.74 Å². The largest absolute Gasteiger partial charge is 0.380 e. The Morgan fingerprint density at radius 3 is 2.95 bits per heavy atom. The van der Waals surface area contributed by atoms with Gasteiger partial charge in [0.2, 0.25) is 0 Å². The van der Waals surface area contributed by atoms with Crippen molar-refractivity contribution in [1.82, 2.24) is 9.88 Å². The van der Waals surface area contributed by atoms with Crippen LogP contribution >= 0.6 is 15.9 Å². The molecule has 0 saturated carbocycles. The lowest BCUT2D eigenvalue weighted by Crippen LogP contribution is -2.38. The average Bonchev–Trinajstić information content (AvgIpc) is 2.77. The van der Waals surface area contributed by atoms with E-state index in [2.05, 4.69) is 44.0 Å². The van der Waals surface area contributed by atoms with Gasteiger partial charge in [-0.2, -0.15) is 0 Å². The third-order valence-electron chi connectivity index (χ3n) is 4.21. The molecule has 4 heteroatoms. The fraction of sp³-hybridized carbons (Fsp3) is 0.562. The number of aromatic nitrogens is 1. The first-order chi connectivity index (χ1) is 9.83. The summed E-state index contributed by atoms with van der Waals surface area (Å²) in [6, 6.07) is 4.87. The normalized spacial score (nSPS) is 25.1. The van der Waals surface area contributed by atoms with E-state index < -0.39 is 0 Å². The molecule has 0 radical (unpaired) electrons. The van der Waals surface area contributed by atoms with Crippen LogP contribution in [0.2, 0.25) is 0 Å². The Bertz CT molecular complexity index is 464. The second-order valence-corrected chi connectivity index (χ2v) is 6.44. The number of hydrogen-bond acceptors (Lipinski definition) is 3. The highest BCUT2D eigenvalue weighted by Gasteiger charge is 2.22. The van der Waals surface area contributed by atoms with E-state index >= 15 is 0 Å². The average molecular weight is 337 g/mol. The number of hydrogen-bond donors (Lipinski definition) is 0. The van der Waals surface area contributed by atoms with Gasteiger partial charge in [-0.15, -0.1) is 0 Å². The highest BCUT2D eigenvalue weighted by atomic mass is 79.9. The summed E-state index contributed by atoms with van der Waals surface area (Å²) in [4.78, 5) is 7.11. The maximum atomic E-state index is 5.55. The molecule has 0 spiro atoms. The molecule has 1 unspecified atom stereocenters. The number of nitrogens with zero attached hydrogens (tertiary/aromatic N) is 2. The van der Waals surface area contributed by atoms with Crippen LogP contribution in [0.5, 0.6) is 0 Å². The molecule has 0 bridgehead atoms. The minimum Gasteiger partial charge on any atom is -0.380 e. The zero-order chi connectivity index (χ0) is 13.8. The van der Waals surface area contributed by atoms with Gasteiger partial charge in [0, 0.05) is 36.4 Å². The van der Waals surface area contributed by atoms with Crippen molar-refractivity contribution in [2.24, 2.45) is 0 Å². The summed E-state index contributed by atoms with van der Waals surface area (Å²) >= 11 is 3.44. The predicted molar refractivity (Wildman–Crippen MR) is 84.6 cm³/mol. The number of rotatable bonds is 2. The van der Waals surface area contributed by atoms with Crippen molar-refractivity contribution in [2.75, 3.05) is 26.3 Å². The predicted octanol–water partition coefficient (Wildman–Crippen LogP) is 3.50. The van der Waals surface area contributed by atoms with Crippen LogP contribution in [0.1, 0.15) is 31.4 Å². The van der Waals surface area contributed by atoms with Gasteiger partial charge in [0.25, 0.3) is 0 Å². The number of pyridine rings is 1. The van der Waals surface area contributed by atoms with E-state index in [0.717, 1.165) is 42.8 Å². The first kappa shape index (κ1) is 14.2. The number of allylic oxidation sites excluding steroid dienone is 1. The SMILES string of the molecule is Brc1ccc(C2=CCC(N3CCCOCC3)CC2)nc1. The Kier molecular flexibility index (Phi) is 4.86. The lowest BCUT2D eigenvalue weighted by molar-refractivity contribution is 0.129. The fourth-order valence-electron chi connectivity index (χ4n) is 3.08. The van der Waals surface area contributed by atoms with Gasteiger partial charge in [-0.3, -0.25) is 9.88 Å². The minimum absolute atomic E-state index is 0.691. The highest BCUT2D eigenvalue weighted by molar-refractivity contribution is 9.10. The molecule has 1 aliphatic heterocycles. The Morgan fingerprint density at radius 2 is 2.20 bits per heavy atom. The Hall–Kier alpha value is -0.710. The molecule has 2 aliphatic rings. The lowest BCUT2D eigenvalue weighted by atomic mass is 9.92. The van der Waals surface area contributed by atoms with Crippen molar-refractivity contribution in [3.63, 3.8) is 0 Å². The zero-order valence-corrected chi connectivity index (χ0v) is 13.3. The molecular weight excluding hydrogens is 316 g/mol. The highest BCUT2D eigenvalue weighted by Crippen LogP contribution is 2.29. The molecule has 0 N–H and O–H groups in total. The molecule has 20 heavy (non-hydrogen) atoms. The molecule has 1 atom stereocenters. The van der Waals surface area contributed by atoms with Crippen LogP contribution in [0, 0.1) is 0 Å². The second kappa shape index (κ2) is 6.83. The summed E-state index contributed by atoms with van der Waals surface area (Å²) < 4.78 is 6.59. The van der Waals surface area contributed by atoms with Gasteiger partial charge < -0.3 is 4.74 Å². The molecule has 0 aromatic carbocycles. The molecule has 3 rings (SSSR count). The molecule has 1 aliphatic carbocycles. The van der Waals surface area contributed by atoms with Crippen LogP contribution in [0.25, 0.3) is 5.57 Å². The monoisotopic (exact) mass is 336 g/mol. The molecule has 1 fully saturated rings. The Balaban J connectivity index is 1.63. The van der Waals surface area contributed by atoms with Crippen LogP contribution in [0.4, 0.5) is 0 Å². The first-order valence-electron chi connectivity index (χ1n) is 7.46. The van der Waals surface area contributed by atoms with E-state index in [1.54, 1.807) is 0 Å². The van der Waals surface area contributed by atoms with Crippen LogP contribution in [-0.4, -0.2) is 42.2 Å². The smallest absolute Gasteiger partial charge is 0.0659 e. The zero-order valence-electron chi connectivity index (χ0n) is 11.7. The van der Waals surface area contributed by atoms with Gasteiger partial charge in [-0.05, 0) is 59.3 Å². The molecule has 0 amide bonds. The van der Waals surface area contributed by atoms with Crippen molar-refractivity contribution in [1.29, 1.82) is 0 Å². The maximum Gasteiger partial charge on any atom is 0.0659 e. The third-order valence-corrected chi connectivity index (χ3v) is 4.68. The Morgan fingerprint density at radius 1 is 1.25 bits per heavy atom.